The second kappa shape index (κ2) is 8.95. The Morgan fingerprint density at radius 2 is 1.84 bits per heavy atom. The van der Waals surface area contributed by atoms with Gasteiger partial charge >= 0.3 is 6.18 Å². The zero-order valence-electron chi connectivity index (χ0n) is 17.1. The van der Waals surface area contributed by atoms with Gasteiger partial charge in [0.1, 0.15) is 5.82 Å². The topological polar surface area (TPSA) is 93.4 Å². The number of carbonyl (C=O) groups excluding carboxylic acids is 1. The van der Waals surface area contributed by atoms with Crippen LogP contribution in [0, 0.1) is 0 Å². The van der Waals surface area contributed by atoms with E-state index in [0.29, 0.717) is 24.6 Å². The van der Waals surface area contributed by atoms with Crippen LogP contribution >= 0.6 is 0 Å². The molecule has 0 unspecified atom stereocenters. The molecule has 11 heteroatoms. The summed E-state index contributed by atoms with van der Waals surface area (Å²) in [5, 5.41) is 2.31. The summed E-state index contributed by atoms with van der Waals surface area (Å²) in [6, 6.07) is 8.27. The number of carbonyl (C=O) groups is 1. The molecule has 1 aromatic carbocycles. The number of nitrogens with one attached hydrogen (secondary N) is 1. The molecule has 3 heterocycles. The lowest BCUT2D eigenvalue weighted by atomic mass is 10.1. The van der Waals surface area contributed by atoms with Crippen LogP contribution in [0.4, 0.5) is 24.8 Å². The van der Waals surface area contributed by atoms with Gasteiger partial charge in [-0.15, -0.1) is 0 Å². The minimum atomic E-state index is -4.89. The van der Waals surface area contributed by atoms with Crippen molar-refractivity contribution < 1.29 is 27.1 Å². The summed E-state index contributed by atoms with van der Waals surface area (Å²) in [6.45, 7) is 1.33. The zero-order chi connectivity index (χ0) is 22.7. The number of alkyl halides is 3. The van der Waals surface area contributed by atoms with Crippen LogP contribution in [-0.4, -0.2) is 47.2 Å². The maximum absolute atomic E-state index is 13.4. The number of ether oxygens (including phenoxy) is 1. The van der Waals surface area contributed by atoms with E-state index in [9.17, 15) is 18.0 Å². The van der Waals surface area contributed by atoms with E-state index in [2.05, 4.69) is 20.3 Å². The molecule has 1 N–H and O–H groups in total. The molecule has 0 bridgehead atoms. The van der Waals surface area contributed by atoms with Crippen molar-refractivity contribution in [2.24, 2.45) is 0 Å². The smallest absolute Gasteiger partial charge is 0.431 e. The number of anilines is 2. The quantitative estimate of drug-likeness (QED) is 0.632. The number of halogens is 3. The predicted molar refractivity (Wildman–Crippen MR) is 109 cm³/mol. The van der Waals surface area contributed by atoms with E-state index in [1.807, 2.05) is 11.9 Å². The van der Waals surface area contributed by atoms with E-state index in [-0.39, 0.29) is 17.8 Å². The van der Waals surface area contributed by atoms with Crippen LogP contribution in [-0.2, 0) is 10.9 Å². The molecule has 0 spiro atoms. The molecule has 1 saturated heterocycles. The van der Waals surface area contributed by atoms with Crippen molar-refractivity contribution in [3.05, 3.63) is 54.2 Å². The Kier molecular flexibility index (Phi) is 6.08. The standard InChI is InChI=1S/C21H20F3N5O3/c1-29(14-7-9-31-10-8-14)16-12-25-15(11-26-16)27-19(30)17-18(21(22,23)24)32-20(28-17)13-5-3-2-4-6-13/h2-6,11-12,14H,7-10H2,1H3,(H,25,27,30). The normalized spacial score (nSPS) is 14.9. The molecule has 1 aliphatic heterocycles. The van der Waals surface area contributed by atoms with Gasteiger partial charge in [-0.05, 0) is 25.0 Å². The van der Waals surface area contributed by atoms with Crippen LogP contribution in [0.25, 0.3) is 11.5 Å². The van der Waals surface area contributed by atoms with Crippen molar-refractivity contribution in [2.45, 2.75) is 25.1 Å². The van der Waals surface area contributed by atoms with Gasteiger partial charge in [0.05, 0.1) is 12.4 Å². The molecule has 0 radical (unpaired) electrons. The molecule has 4 rings (SSSR count). The monoisotopic (exact) mass is 447 g/mol. The van der Waals surface area contributed by atoms with E-state index in [1.54, 1.807) is 18.2 Å². The van der Waals surface area contributed by atoms with Crippen LogP contribution in [0.3, 0.4) is 0 Å². The third-order valence-corrected chi connectivity index (χ3v) is 5.10. The van der Waals surface area contributed by atoms with Gasteiger partial charge in [-0.3, -0.25) is 4.79 Å². The van der Waals surface area contributed by atoms with Crippen molar-refractivity contribution in [1.82, 2.24) is 15.0 Å². The molecule has 8 nitrogen and oxygen atoms in total. The minimum absolute atomic E-state index is 0.00323. The first-order valence-corrected chi connectivity index (χ1v) is 9.90. The number of hydrogen-bond acceptors (Lipinski definition) is 7. The fraction of sp³-hybridized carbons (Fsp3) is 0.333. The summed E-state index contributed by atoms with van der Waals surface area (Å²) in [6.07, 6.45) is -0.448. The highest BCUT2D eigenvalue weighted by Gasteiger charge is 2.42. The molecule has 1 amide bonds. The molecule has 0 saturated carbocycles. The summed E-state index contributed by atoms with van der Waals surface area (Å²) in [5.74, 6) is -2.29. The minimum Gasteiger partial charge on any atom is -0.431 e. The van der Waals surface area contributed by atoms with Crippen molar-refractivity contribution in [1.29, 1.82) is 0 Å². The first kappa shape index (κ1) is 21.8. The highest BCUT2D eigenvalue weighted by molar-refractivity contribution is 6.03. The van der Waals surface area contributed by atoms with E-state index >= 15 is 0 Å². The Morgan fingerprint density at radius 1 is 1.12 bits per heavy atom. The van der Waals surface area contributed by atoms with Gasteiger partial charge < -0.3 is 19.4 Å². The van der Waals surface area contributed by atoms with Gasteiger partial charge in [-0.25, -0.2) is 15.0 Å². The third-order valence-electron chi connectivity index (χ3n) is 5.10. The molecular weight excluding hydrogens is 427 g/mol. The van der Waals surface area contributed by atoms with Crippen molar-refractivity contribution in [3.63, 3.8) is 0 Å². The van der Waals surface area contributed by atoms with E-state index in [4.69, 9.17) is 9.15 Å². The molecular formula is C21H20F3N5O3. The lowest BCUT2D eigenvalue weighted by Gasteiger charge is -2.31. The number of rotatable bonds is 5. The summed E-state index contributed by atoms with van der Waals surface area (Å²) < 4.78 is 50.6. The van der Waals surface area contributed by atoms with Gasteiger partial charge in [0.15, 0.2) is 11.5 Å². The molecule has 1 fully saturated rings. The first-order chi connectivity index (χ1) is 15.3. The highest BCUT2D eigenvalue weighted by Crippen LogP contribution is 2.35. The number of benzene rings is 1. The van der Waals surface area contributed by atoms with Gasteiger partial charge in [0.2, 0.25) is 11.7 Å². The highest BCUT2D eigenvalue weighted by atomic mass is 19.4. The van der Waals surface area contributed by atoms with E-state index in [0.717, 1.165) is 12.8 Å². The zero-order valence-corrected chi connectivity index (χ0v) is 17.1. The van der Waals surface area contributed by atoms with Crippen LogP contribution in [0.1, 0.15) is 29.1 Å². The Bertz CT molecular complexity index is 1060. The van der Waals surface area contributed by atoms with Crippen molar-refractivity contribution in [3.8, 4) is 11.5 Å². The maximum atomic E-state index is 13.4. The molecule has 3 aromatic rings. The Hall–Kier alpha value is -3.47. The lowest BCUT2D eigenvalue weighted by Crippen LogP contribution is -2.37. The number of aromatic nitrogens is 3. The van der Waals surface area contributed by atoms with Gasteiger partial charge in [0.25, 0.3) is 5.91 Å². The summed E-state index contributed by atoms with van der Waals surface area (Å²) >= 11 is 0. The number of amides is 1. The average molecular weight is 447 g/mol. The number of nitrogens with zero attached hydrogens (tertiary/aromatic N) is 4. The van der Waals surface area contributed by atoms with E-state index in [1.165, 1.54) is 24.5 Å². The summed E-state index contributed by atoms with van der Waals surface area (Å²) in [7, 11) is 1.88. The van der Waals surface area contributed by atoms with Gasteiger partial charge in [-0.2, -0.15) is 13.2 Å². The Labute approximate surface area is 181 Å². The van der Waals surface area contributed by atoms with Crippen LogP contribution < -0.4 is 10.2 Å². The fourth-order valence-corrected chi connectivity index (χ4v) is 3.37. The second-order valence-electron chi connectivity index (χ2n) is 7.23. The van der Waals surface area contributed by atoms with Crippen molar-refractivity contribution >= 4 is 17.5 Å². The number of hydrogen-bond donors (Lipinski definition) is 1. The van der Waals surface area contributed by atoms with Crippen molar-refractivity contribution in [2.75, 3.05) is 30.5 Å². The van der Waals surface area contributed by atoms with Crippen LogP contribution in [0.5, 0.6) is 0 Å². The first-order valence-electron chi connectivity index (χ1n) is 9.90. The average Bonchev–Trinajstić information content (AvgIpc) is 3.27. The molecule has 0 atom stereocenters. The fourth-order valence-electron chi connectivity index (χ4n) is 3.37. The lowest BCUT2D eigenvalue weighted by molar-refractivity contribution is -0.153. The van der Waals surface area contributed by atoms with Gasteiger partial charge in [-0.1, -0.05) is 18.2 Å². The third kappa shape index (κ3) is 4.72. The number of oxazole rings is 1. The molecule has 0 aliphatic carbocycles. The summed E-state index contributed by atoms with van der Waals surface area (Å²) in [4.78, 5) is 26.7. The van der Waals surface area contributed by atoms with Crippen LogP contribution in [0.2, 0.25) is 0 Å². The molecule has 32 heavy (non-hydrogen) atoms. The Morgan fingerprint density at radius 3 is 2.47 bits per heavy atom. The largest absolute Gasteiger partial charge is 0.452 e. The van der Waals surface area contributed by atoms with E-state index < -0.39 is 23.5 Å². The second-order valence-corrected chi connectivity index (χ2v) is 7.23. The molecule has 1 aliphatic rings. The Balaban J connectivity index is 1.53. The summed E-state index contributed by atoms with van der Waals surface area (Å²) in [5.41, 5.74) is -0.557. The maximum Gasteiger partial charge on any atom is 0.452 e. The molecule has 168 valence electrons. The van der Waals surface area contributed by atoms with Crippen LogP contribution in [0.15, 0.2) is 47.1 Å². The van der Waals surface area contributed by atoms with Gasteiger partial charge in [0, 0.05) is 31.9 Å². The molecule has 2 aromatic heterocycles. The predicted octanol–water partition coefficient (Wildman–Crippen LogP) is 4.02. The SMILES string of the molecule is CN(c1cnc(NC(=O)c2nc(-c3ccccc3)oc2C(F)(F)F)cn1)C1CCOCC1.